The summed E-state index contributed by atoms with van der Waals surface area (Å²) in [6.45, 7) is 6.37. The zero-order valence-corrected chi connectivity index (χ0v) is 10.9. The molecule has 0 aliphatic rings. The maximum absolute atomic E-state index is 10.5. The predicted octanol–water partition coefficient (Wildman–Crippen LogP) is 3.85. The molecule has 1 unspecified atom stereocenters. The Hall–Kier alpha value is -1.31. The quantitative estimate of drug-likeness (QED) is 0.811. The van der Waals surface area contributed by atoms with E-state index in [9.17, 15) is 4.79 Å². The van der Waals surface area contributed by atoms with Crippen molar-refractivity contribution in [2.45, 2.75) is 46.0 Å². The van der Waals surface area contributed by atoms with Gasteiger partial charge in [0, 0.05) is 6.42 Å². The first-order chi connectivity index (χ1) is 7.99. The van der Waals surface area contributed by atoms with E-state index < -0.39 is 5.97 Å². The summed E-state index contributed by atoms with van der Waals surface area (Å²) in [4.78, 5) is 10.5. The topological polar surface area (TPSA) is 37.3 Å². The van der Waals surface area contributed by atoms with Crippen molar-refractivity contribution in [3.8, 4) is 0 Å². The number of aliphatic carboxylic acids is 1. The van der Waals surface area contributed by atoms with Crippen LogP contribution in [-0.2, 0) is 11.2 Å². The minimum absolute atomic E-state index is 0.247. The summed E-state index contributed by atoms with van der Waals surface area (Å²) in [5, 5.41) is 8.68. The lowest BCUT2D eigenvalue weighted by Gasteiger charge is -2.10. The molecule has 0 saturated heterocycles. The molecule has 0 amide bonds. The fraction of sp³-hybridized carbons (Fsp3) is 0.533. The van der Waals surface area contributed by atoms with Crippen LogP contribution < -0.4 is 0 Å². The average molecular weight is 234 g/mol. The molecular formula is C15H22O2. The van der Waals surface area contributed by atoms with Crippen LogP contribution in [0.15, 0.2) is 24.3 Å². The summed E-state index contributed by atoms with van der Waals surface area (Å²) >= 11 is 0. The van der Waals surface area contributed by atoms with Gasteiger partial charge in [-0.15, -0.1) is 0 Å². The van der Waals surface area contributed by atoms with Crippen LogP contribution in [0.1, 0.15) is 50.7 Å². The maximum Gasteiger partial charge on any atom is 0.303 e. The van der Waals surface area contributed by atoms with E-state index in [0.717, 1.165) is 12.8 Å². The van der Waals surface area contributed by atoms with Gasteiger partial charge in [-0.2, -0.15) is 0 Å². The molecule has 17 heavy (non-hydrogen) atoms. The molecule has 0 aromatic heterocycles. The highest BCUT2D eigenvalue weighted by Crippen LogP contribution is 2.17. The maximum atomic E-state index is 10.5. The molecule has 1 aromatic rings. The van der Waals surface area contributed by atoms with Crippen LogP contribution in [0.2, 0.25) is 0 Å². The molecular weight excluding hydrogens is 212 g/mol. The molecule has 0 fully saturated rings. The van der Waals surface area contributed by atoms with Crippen molar-refractivity contribution in [2.24, 2.45) is 5.92 Å². The van der Waals surface area contributed by atoms with Crippen LogP contribution in [0.25, 0.3) is 0 Å². The Balaban J connectivity index is 2.44. The third kappa shape index (κ3) is 5.03. The first-order valence-electron chi connectivity index (χ1n) is 6.29. The molecule has 94 valence electrons. The molecule has 1 N–H and O–H groups in total. The molecule has 1 aromatic carbocycles. The molecule has 1 rings (SSSR count). The molecule has 0 spiro atoms. The van der Waals surface area contributed by atoms with Gasteiger partial charge in [-0.05, 0) is 35.8 Å². The summed E-state index contributed by atoms with van der Waals surface area (Å²) in [5.74, 6) is 0.111. The number of carboxylic acids is 1. The highest BCUT2D eigenvalue weighted by Gasteiger charge is 2.07. The first-order valence-corrected chi connectivity index (χ1v) is 6.29. The van der Waals surface area contributed by atoms with Gasteiger partial charge in [-0.3, -0.25) is 4.79 Å². The van der Waals surface area contributed by atoms with Crippen molar-refractivity contribution in [2.75, 3.05) is 0 Å². The van der Waals surface area contributed by atoms with Gasteiger partial charge in [0.1, 0.15) is 0 Å². The summed E-state index contributed by atoms with van der Waals surface area (Å²) in [5.41, 5.74) is 2.65. The van der Waals surface area contributed by atoms with Gasteiger partial charge in [0.15, 0.2) is 0 Å². The zero-order valence-electron chi connectivity index (χ0n) is 10.9. The minimum Gasteiger partial charge on any atom is -0.481 e. The molecule has 0 aliphatic heterocycles. The largest absolute Gasteiger partial charge is 0.481 e. The van der Waals surface area contributed by atoms with Gasteiger partial charge in [0.25, 0.3) is 0 Å². The highest BCUT2D eigenvalue weighted by atomic mass is 16.4. The SMILES string of the molecule is CC(CCc1ccc(C(C)C)cc1)CC(=O)O. The van der Waals surface area contributed by atoms with Crippen LogP contribution in [0.5, 0.6) is 0 Å². The lowest BCUT2D eigenvalue weighted by molar-refractivity contribution is -0.138. The summed E-state index contributed by atoms with van der Waals surface area (Å²) in [6.07, 6.45) is 2.17. The van der Waals surface area contributed by atoms with E-state index in [1.165, 1.54) is 11.1 Å². The van der Waals surface area contributed by atoms with Gasteiger partial charge in [-0.25, -0.2) is 0 Å². The number of hydrogen-bond donors (Lipinski definition) is 1. The van der Waals surface area contributed by atoms with Crippen molar-refractivity contribution in [1.82, 2.24) is 0 Å². The molecule has 1 atom stereocenters. The van der Waals surface area contributed by atoms with E-state index in [1.807, 2.05) is 6.92 Å². The van der Waals surface area contributed by atoms with E-state index in [-0.39, 0.29) is 12.3 Å². The zero-order chi connectivity index (χ0) is 12.8. The Bertz CT molecular complexity index is 352. The normalized spacial score (nSPS) is 12.7. The van der Waals surface area contributed by atoms with Gasteiger partial charge in [-0.1, -0.05) is 45.0 Å². The minimum atomic E-state index is -0.701. The second kappa shape index (κ2) is 6.43. The number of hydrogen-bond acceptors (Lipinski definition) is 1. The Labute approximate surface area is 104 Å². The highest BCUT2D eigenvalue weighted by molar-refractivity contribution is 5.66. The van der Waals surface area contributed by atoms with Crippen molar-refractivity contribution >= 4 is 5.97 Å². The molecule has 0 radical (unpaired) electrons. The van der Waals surface area contributed by atoms with Crippen molar-refractivity contribution in [3.63, 3.8) is 0 Å². The van der Waals surface area contributed by atoms with E-state index in [0.29, 0.717) is 5.92 Å². The van der Waals surface area contributed by atoms with Crippen LogP contribution in [0.3, 0.4) is 0 Å². The molecule has 0 bridgehead atoms. The van der Waals surface area contributed by atoms with Crippen LogP contribution >= 0.6 is 0 Å². The lowest BCUT2D eigenvalue weighted by atomic mass is 9.96. The van der Waals surface area contributed by atoms with E-state index in [1.54, 1.807) is 0 Å². The summed E-state index contributed by atoms with van der Waals surface area (Å²) in [7, 11) is 0. The van der Waals surface area contributed by atoms with Crippen molar-refractivity contribution < 1.29 is 9.90 Å². The number of aryl methyl sites for hydroxylation is 1. The second-order valence-corrected chi connectivity index (χ2v) is 5.14. The Kier molecular flexibility index (Phi) is 5.20. The van der Waals surface area contributed by atoms with Crippen LogP contribution in [0.4, 0.5) is 0 Å². The number of carboxylic acid groups (broad SMARTS) is 1. The third-order valence-corrected chi connectivity index (χ3v) is 3.10. The number of benzene rings is 1. The van der Waals surface area contributed by atoms with Gasteiger partial charge < -0.3 is 5.11 Å². The molecule has 0 aliphatic carbocycles. The van der Waals surface area contributed by atoms with E-state index >= 15 is 0 Å². The van der Waals surface area contributed by atoms with Gasteiger partial charge in [0.2, 0.25) is 0 Å². The standard InChI is InChI=1S/C15H22O2/c1-11(2)14-8-6-13(7-9-14)5-4-12(3)10-15(16)17/h6-9,11-12H,4-5,10H2,1-3H3,(H,16,17). The molecule has 2 heteroatoms. The Morgan fingerprint density at radius 2 is 1.76 bits per heavy atom. The fourth-order valence-electron chi connectivity index (χ4n) is 1.88. The Morgan fingerprint density at radius 1 is 1.18 bits per heavy atom. The fourth-order valence-corrected chi connectivity index (χ4v) is 1.88. The van der Waals surface area contributed by atoms with Gasteiger partial charge in [0.05, 0.1) is 0 Å². The van der Waals surface area contributed by atoms with Crippen molar-refractivity contribution in [1.29, 1.82) is 0 Å². The summed E-state index contributed by atoms with van der Waals surface area (Å²) in [6, 6.07) is 8.65. The summed E-state index contributed by atoms with van der Waals surface area (Å²) < 4.78 is 0. The molecule has 2 nitrogen and oxygen atoms in total. The van der Waals surface area contributed by atoms with Crippen molar-refractivity contribution in [3.05, 3.63) is 35.4 Å². The first kappa shape index (κ1) is 13.8. The van der Waals surface area contributed by atoms with Crippen LogP contribution in [-0.4, -0.2) is 11.1 Å². The van der Waals surface area contributed by atoms with E-state index in [2.05, 4.69) is 38.1 Å². The lowest BCUT2D eigenvalue weighted by Crippen LogP contribution is -2.05. The Morgan fingerprint density at radius 3 is 2.24 bits per heavy atom. The third-order valence-electron chi connectivity index (χ3n) is 3.10. The second-order valence-electron chi connectivity index (χ2n) is 5.14. The molecule has 0 saturated carbocycles. The van der Waals surface area contributed by atoms with E-state index in [4.69, 9.17) is 5.11 Å². The predicted molar refractivity (Wildman–Crippen MR) is 70.3 cm³/mol. The van der Waals surface area contributed by atoms with Gasteiger partial charge >= 0.3 is 5.97 Å². The monoisotopic (exact) mass is 234 g/mol. The number of carbonyl (C=O) groups is 1. The average Bonchev–Trinajstić information content (AvgIpc) is 2.26. The number of rotatable bonds is 6. The smallest absolute Gasteiger partial charge is 0.303 e. The molecule has 0 heterocycles. The van der Waals surface area contributed by atoms with Crippen LogP contribution in [0, 0.1) is 5.92 Å².